The Balaban J connectivity index is 2.65. The molecule has 0 saturated carbocycles. The van der Waals surface area contributed by atoms with E-state index in [0.29, 0.717) is 0 Å². The molecule has 2 N–H and O–H groups in total. The lowest BCUT2D eigenvalue weighted by Gasteiger charge is -2.13. The molecule has 2 rings (SSSR count). The van der Waals surface area contributed by atoms with Crippen LogP contribution in [0, 0.1) is 0 Å². The molecule has 96 valence electrons. The minimum atomic E-state index is -4.56. The van der Waals surface area contributed by atoms with Crippen molar-refractivity contribution in [3.63, 3.8) is 0 Å². The highest BCUT2D eigenvalue weighted by atomic mass is 35.5. The van der Waals surface area contributed by atoms with Crippen LogP contribution in [0.15, 0.2) is 18.2 Å². The number of rotatable bonds is 2. The second-order valence-electron chi connectivity index (χ2n) is 3.37. The molecule has 18 heavy (non-hydrogen) atoms. The molecule has 1 aromatic heterocycles. The first kappa shape index (κ1) is 12.8. The van der Waals surface area contributed by atoms with Gasteiger partial charge in [0.1, 0.15) is 0 Å². The number of alkyl halides is 3. The zero-order valence-electron chi connectivity index (χ0n) is 8.82. The summed E-state index contributed by atoms with van der Waals surface area (Å²) >= 11 is 5.57. The van der Waals surface area contributed by atoms with E-state index in [-0.39, 0.29) is 23.1 Å². The van der Waals surface area contributed by atoms with Gasteiger partial charge in [-0.1, -0.05) is 11.6 Å². The Kier molecular flexibility index (Phi) is 3.22. The number of hydrogen-bond donors (Lipinski definition) is 1. The van der Waals surface area contributed by atoms with Gasteiger partial charge in [0.2, 0.25) is 0 Å². The van der Waals surface area contributed by atoms with Crippen molar-refractivity contribution in [3.05, 3.63) is 34.6 Å². The predicted octanol–water partition coefficient (Wildman–Crippen LogP) is 1.79. The topological polar surface area (TPSA) is 69.6 Å². The van der Waals surface area contributed by atoms with Gasteiger partial charge in [-0.05, 0) is 28.6 Å². The van der Waals surface area contributed by atoms with Crippen molar-refractivity contribution >= 4 is 11.6 Å². The summed E-state index contributed by atoms with van der Waals surface area (Å²) < 4.78 is 39.6. The van der Waals surface area contributed by atoms with Gasteiger partial charge in [0.05, 0.1) is 17.8 Å². The summed E-state index contributed by atoms with van der Waals surface area (Å²) in [6.45, 7) is -0.0765. The van der Waals surface area contributed by atoms with Crippen molar-refractivity contribution in [1.82, 2.24) is 20.2 Å². The molecule has 9 heteroatoms. The molecule has 0 aliphatic heterocycles. The standard InChI is InChI=1S/C9H7ClF3N5/c10-5-1-2-7(6(3-5)9(11,12)13)18-8(4-14)15-16-17-18/h1-3H,4,14H2. The van der Waals surface area contributed by atoms with Crippen molar-refractivity contribution in [3.8, 4) is 5.69 Å². The molecule has 0 spiro atoms. The SMILES string of the molecule is NCc1nnnn1-c1ccc(Cl)cc1C(F)(F)F. The zero-order chi connectivity index (χ0) is 13.3. The molecule has 0 fully saturated rings. The summed E-state index contributed by atoms with van der Waals surface area (Å²) in [5.41, 5.74) is 4.22. The summed E-state index contributed by atoms with van der Waals surface area (Å²) in [6, 6.07) is 3.34. The molecule has 2 aromatic rings. The van der Waals surface area contributed by atoms with E-state index in [0.717, 1.165) is 10.7 Å². The van der Waals surface area contributed by atoms with Gasteiger partial charge in [-0.2, -0.15) is 17.9 Å². The van der Waals surface area contributed by atoms with Gasteiger partial charge in [-0.25, -0.2) is 0 Å². The molecular formula is C9H7ClF3N5. The summed E-state index contributed by atoms with van der Waals surface area (Å²) in [7, 11) is 0. The third-order valence-corrected chi connectivity index (χ3v) is 2.44. The Morgan fingerprint density at radius 2 is 2.06 bits per heavy atom. The Morgan fingerprint density at radius 1 is 1.33 bits per heavy atom. The molecule has 0 aliphatic carbocycles. The Hall–Kier alpha value is -1.67. The van der Waals surface area contributed by atoms with Crippen molar-refractivity contribution < 1.29 is 13.2 Å². The summed E-state index contributed by atoms with van der Waals surface area (Å²) in [5, 5.41) is 10.3. The van der Waals surface area contributed by atoms with Crippen LogP contribution in [-0.2, 0) is 12.7 Å². The maximum absolute atomic E-state index is 12.9. The van der Waals surface area contributed by atoms with Gasteiger partial charge < -0.3 is 5.73 Å². The normalized spacial score (nSPS) is 11.8. The highest BCUT2D eigenvalue weighted by Crippen LogP contribution is 2.35. The minimum Gasteiger partial charge on any atom is -0.324 e. The second kappa shape index (κ2) is 4.54. The Morgan fingerprint density at radius 3 is 2.67 bits per heavy atom. The molecule has 0 unspecified atom stereocenters. The predicted molar refractivity (Wildman–Crippen MR) is 57.1 cm³/mol. The summed E-state index contributed by atoms with van der Waals surface area (Å²) in [5.74, 6) is 0.128. The molecular weight excluding hydrogens is 271 g/mol. The first-order chi connectivity index (χ1) is 8.43. The highest BCUT2D eigenvalue weighted by Gasteiger charge is 2.35. The molecule has 0 radical (unpaired) electrons. The van der Waals surface area contributed by atoms with Crippen molar-refractivity contribution in [2.45, 2.75) is 12.7 Å². The van der Waals surface area contributed by atoms with E-state index in [1.165, 1.54) is 12.1 Å². The fourth-order valence-corrected chi connectivity index (χ4v) is 1.61. The molecule has 0 bridgehead atoms. The summed E-state index contributed by atoms with van der Waals surface area (Å²) in [6.07, 6.45) is -4.56. The molecule has 0 amide bonds. The van der Waals surface area contributed by atoms with Gasteiger partial charge in [-0.15, -0.1) is 5.10 Å². The third-order valence-electron chi connectivity index (χ3n) is 2.21. The van der Waals surface area contributed by atoms with E-state index in [1.54, 1.807) is 0 Å². The van der Waals surface area contributed by atoms with Gasteiger partial charge in [-0.3, -0.25) is 0 Å². The number of aromatic nitrogens is 4. The molecule has 1 heterocycles. The lowest BCUT2D eigenvalue weighted by Crippen LogP contribution is -2.15. The first-order valence-electron chi connectivity index (χ1n) is 4.78. The van der Waals surface area contributed by atoms with E-state index in [2.05, 4.69) is 15.5 Å². The van der Waals surface area contributed by atoms with E-state index >= 15 is 0 Å². The van der Waals surface area contributed by atoms with Crippen LogP contribution in [0.5, 0.6) is 0 Å². The average molecular weight is 278 g/mol. The van der Waals surface area contributed by atoms with Gasteiger partial charge in [0.15, 0.2) is 5.82 Å². The quantitative estimate of drug-likeness (QED) is 0.909. The largest absolute Gasteiger partial charge is 0.418 e. The van der Waals surface area contributed by atoms with Crippen molar-refractivity contribution in [2.75, 3.05) is 0 Å². The number of nitrogens with two attached hydrogens (primary N) is 1. The van der Waals surface area contributed by atoms with Crippen LogP contribution in [-0.4, -0.2) is 20.2 Å². The van der Waals surface area contributed by atoms with Crippen molar-refractivity contribution in [2.24, 2.45) is 5.73 Å². The number of halogens is 4. The van der Waals surface area contributed by atoms with E-state index in [4.69, 9.17) is 17.3 Å². The number of tetrazole rings is 1. The molecule has 5 nitrogen and oxygen atoms in total. The minimum absolute atomic E-state index is 0.0200. The molecule has 0 saturated heterocycles. The first-order valence-corrected chi connectivity index (χ1v) is 5.15. The molecule has 1 aromatic carbocycles. The third kappa shape index (κ3) is 2.29. The number of benzene rings is 1. The van der Waals surface area contributed by atoms with E-state index in [1.807, 2.05) is 0 Å². The van der Waals surface area contributed by atoms with Crippen LogP contribution in [0.4, 0.5) is 13.2 Å². The highest BCUT2D eigenvalue weighted by molar-refractivity contribution is 6.30. The van der Waals surface area contributed by atoms with Crippen LogP contribution < -0.4 is 5.73 Å². The summed E-state index contributed by atoms with van der Waals surface area (Å²) in [4.78, 5) is 0. The van der Waals surface area contributed by atoms with Gasteiger partial charge in [0, 0.05) is 5.02 Å². The van der Waals surface area contributed by atoms with Crippen LogP contribution in [0.1, 0.15) is 11.4 Å². The number of nitrogens with zero attached hydrogens (tertiary/aromatic N) is 4. The fraction of sp³-hybridized carbons (Fsp3) is 0.222. The van der Waals surface area contributed by atoms with Crippen LogP contribution >= 0.6 is 11.6 Å². The maximum Gasteiger partial charge on any atom is 0.418 e. The lowest BCUT2D eigenvalue weighted by molar-refractivity contribution is -0.137. The zero-order valence-corrected chi connectivity index (χ0v) is 9.57. The Bertz CT molecular complexity index is 566. The van der Waals surface area contributed by atoms with Crippen LogP contribution in [0.25, 0.3) is 5.69 Å². The van der Waals surface area contributed by atoms with E-state index in [9.17, 15) is 13.2 Å². The van der Waals surface area contributed by atoms with Gasteiger partial charge in [0.25, 0.3) is 0 Å². The second-order valence-corrected chi connectivity index (χ2v) is 3.81. The monoisotopic (exact) mass is 277 g/mol. The van der Waals surface area contributed by atoms with Crippen LogP contribution in [0.3, 0.4) is 0 Å². The number of hydrogen-bond acceptors (Lipinski definition) is 4. The molecule has 0 aliphatic rings. The van der Waals surface area contributed by atoms with Crippen LogP contribution in [0.2, 0.25) is 5.02 Å². The maximum atomic E-state index is 12.9. The lowest BCUT2D eigenvalue weighted by atomic mass is 10.1. The average Bonchev–Trinajstić information content (AvgIpc) is 2.75. The smallest absolute Gasteiger partial charge is 0.324 e. The van der Waals surface area contributed by atoms with Crippen molar-refractivity contribution in [1.29, 1.82) is 0 Å². The van der Waals surface area contributed by atoms with E-state index < -0.39 is 11.7 Å². The fourth-order valence-electron chi connectivity index (χ4n) is 1.44. The Labute approximate surface area is 104 Å². The van der Waals surface area contributed by atoms with Gasteiger partial charge >= 0.3 is 6.18 Å². The molecule has 0 atom stereocenters.